The fourth-order valence-electron chi connectivity index (χ4n) is 2.45. The predicted octanol–water partition coefficient (Wildman–Crippen LogP) is 3.29. The summed E-state index contributed by atoms with van der Waals surface area (Å²) in [6.07, 6.45) is 0.451. The molecule has 0 radical (unpaired) electrons. The second kappa shape index (κ2) is 7.90. The minimum absolute atomic E-state index is 0.0791. The van der Waals surface area contributed by atoms with Crippen molar-refractivity contribution in [3.8, 4) is 5.69 Å². The van der Waals surface area contributed by atoms with E-state index in [1.165, 1.54) is 0 Å². The zero-order valence-corrected chi connectivity index (χ0v) is 14.9. The molecule has 0 fully saturated rings. The van der Waals surface area contributed by atoms with Crippen LogP contribution in [0.15, 0.2) is 24.3 Å². The van der Waals surface area contributed by atoms with Crippen molar-refractivity contribution < 1.29 is 5.11 Å². The van der Waals surface area contributed by atoms with Gasteiger partial charge in [0.15, 0.2) is 0 Å². The Morgan fingerprint density at radius 2 is 1.87 bits per heavy atom. The summed E-state index contributed by atoms with van der Waals surface area (Å²) in [4.78, 5) is 0. The molecule has 0 aliphatic heterocycles. The number of aliphatic hydroxyl groups is 1. The minimum atomic E-state index is -0.277. The summed E-state index contributed by atoms with van der Waals surface area (Å²) in [6.45, 7) is 8.86. The van der Waals surface area contributed by atoms with Crippen LogP contribution in [-0.2, 0) is 0 Å². The third-order valence-electron chi connectivity index (χ3n) is 4.07. The highest BCUT2D eigenvalue weighted by Crippen LogP contribution is 2.19. The Morgan fingerprint density at radius 1 is 1.22 bits per heavy atom. The van der Waals surface area contributed by atoms with Crippen LogP contribution in [0, 0.1) is 12.8 Å². The Hall–Kier alpha value is -1.43. The lowest BCUT2D eigenvalue weighted by Crippen LogP contribution is -2.26. The summed E-state index contributed by atoms with van der Waals surface area (Å²) in [5.74, 6) is 0.277. The number of rotatable bonds is 7. The molecular formula is C17H25ClN4O. The normalized spacial score (nSPS) is 14.2. The van der Waals surface area contributed by atoms with Gasteiger partial charge in [-0.15, -0.1) is 5.10 Å². The number of aromatic nitrogens is 3. The van der Waals surface area contributed by atoms with Gasteiger partial charge in [-0.05, 0) is 57.0 Å². The molecule has 1 heterocycles. The van der Waals surface area contributed by atoms with Gasteiger partial charge in [-0.1, -0.05) is 30.7 Å². The van der Waals surface area contributed by atoms with E-state index < -0.39 is 0 Å². The van der Waals surface area contributed by atoms with E-state index in [0.29, 0.717) is 5.02 Å². The lowest BCUT2D eigenvalue weighted by Gasteiger charge is -2.17. The van der Waals surface area contributed by atoms with Gasteiger partial charge in [-0.3, -0.25) is 0 Å². The maximum absolute atomic E-state index is 9.86. The average Bonchev–Trinajstić information content (AvgIpc) is 2.89. The lowest BCUT2D eigenvalue weighted by atomic mass is 10.0. The van der Waals surface area contributed by atoms with Gasteiger partial charge in [0.2, 0.25) is 0 Å². The van der Waals surface area contributed by atoms with E-state index >= 15 is 0 Å². The van der Waals surface area contributed by atoms with E-state index in [1.54, 1.807) is 0 Å². The molecule has 23 heavy (non-hydrogen) atoms. The van der Waals surface area contributed by atoms with E-state index in [4.69, 9.17) is 11.6 Å². The molecule has 2 aromatic rings. The topological polar surface area (TPSA) is 63.0 Å². The van der Waals surface area contributed by atoms with Crippen molar-refractivity contribution in [2.45, 2.75) is 46.3 Å². The molecule has 1 aromatic heterocycles. The first-order valence-electron chi connectivity index (χ1n) is 7.99. The molecule has 2 unspecified atom stereocenters. The van der Waals surface area contributed by atoms with Gasteiger partial charge in [-0.25, -0.2) is 4.68 Å². The molecule has 0 aliphatic carbocycles. The van der Waals surface area contributed by atoms with E-state index in [1.807, 2.05) is 49.7 Å². The van der Waals surface area contributed by atoms with Crippen LogP contribution in [0.4, 0.5) is 0 Å². The highest BCUT2D eigenvalue weighted by molar-refractivity contribution is 6.30. The first-order chi connectivity index (χ1) is 10.9. The van der Waals surface area contributed by atoms with Gasteiger partial charge in [-0.2, -0.15) is 0 Å². The summed E-state index contributed by atoms with van der Waals surface area (Å²) in [5, 5.41) is 22.5. The van der Waals surface area contributed by atoms with Crippen molar-refractivity contribution in [1.82, 2.24) is 20.3 Å². The van der Waals surface area contributed by atoms with E-state index in [0.717, 1.165) is 30.0 Å². The molecule has 0 spiro atoms. The SMILES string of the molecule is Cc1c(C(C)NCCC(O)C(C)C)nnn1-c1ccc(Cl)cc1. The molecular weight excluding hydrogens is 312 g/mol. The quantitative estimate of drug-likeness (QED) is 0.814. The molecule has 6 heteroatoms. The highest BCUT2D eigenvalue weighted by atomic mass is 35.5. The van der Waals surface area contributed by atoms with Crippen LogP contribution in [0.1, 0.15) is 44.6 Å². The Labute approximate surface area is 142 Å². The maximum Gasteiger partial charge on any atom is 0.103 e. The Balaban J connectivity index is 2.02. The fraction of sp³-hybridized carbons (Fsp3) is 0.529. The van der Waals surface area contributed by atoms with Crippen LogP contribution in [0.5, 0.6) is 0 Å². The van der Waals surface area contributed by atoms with E-state index in [2.05, 4.69) is 22.6 Å². The third kappa shape index (κ3) is 4.53. The van der Waals surface area contributed by atoms with Gasteiger partial charge in [0.25, 0.3) is 0 Å². The lowest BCUT2D eigenvalue weighted by molar-refractivity contribution is 0.115. The summed E-state index contributed by atoms with van der Waals surface area (Å²) in [6, 6.07) is 7.60. The first kappa shape index (κ1) is 17.9. The zero-order valence-electron chi connectivity index (χ0n) is 14.1. The smallest absolute Gasteiger partial charge is 0.103 e. The summed E-state index contributed by atoms with van der Waals surface area (Å²) < 4.78 is 1.81. The second-order valence-corrected chi connectivity index (χ2v) is 6.66. The molecule has 0 saturated carbocycles. The monoisotopic (exact) mass is 336 g/mol. The van der Waals surface area contributed by atoms with Gasteiger partial charge >= 0.3 is 0 Å². The van der Waals surface area contributed by atoms with Crippen molar-refractivity contribution >= 4 is 11.6 Å². The predicted molar refractivity (Wildman–Crippen MR) is 93.0 cm³/mol. The van der Waals surface area contributed by atoms with Crippen molar-refractivity contribution in [2.75, 3.05) is 6.54 Å². The number of hydrogen-bond acceptors (Lipinski definition) is 4. The van der Waals surface area contributed by atoms with Gasteiger partial charge in [0, 0.05) is 5.02 Å². The van der Waals surface area contributed by atoms with Crippen molar-refractivity contribution in [2.24, 2.45) is 5.92 Å². The summed E-state index contributed by atoms with van der Waals surface area (Å²) in [5.41, 5.74) is 2.85. The number of nitrogens with one attached hydrogen (secondary N) is 1. The van der Waals surface area contributed by atoms with Gasteiger partial charge in [0.1, 0.15) is 5.69 Å². The first-order valence-corrected chi connectivity index (χ1v) is 8.37. The second-order valence-electron chi connectivity index (χ2n) is 6.22. The largest absolute Gasteiger partial charge is 0.393 e. The Kier molecular flexibility index (Phi) is 6.16. The number of benzene rings is 1. The summed E-state index contributed by atoms with van der Waals surface area (Å²) in [7, 11) is 0. The Morgan fingerprint density at radius 3 is 2.48 bits per heavy atom. The van der Waals surface area contributed by atoms with Crippen molar-refractivity contribution in [1.29, 1.82) is 0 Å². The van der Waals surface area contributed by atoms with Gasteiger partial charge in [0.05, 0.1) is 23.5 Å². The molecule has 126 valence electrons. The van der Waals surface area contributed by atoms with Crippen molar-refractivity contribution in [3.63, 3.8) is 0 Å². The standard InChI is InChI=1S/C17H25ClN4O/c1-11(2)16(23)9-10-19-12(3)17-13(4)22(21-20-17)15-7-5-14(18)6-8-15/h5-8,11-12,16,19,23H,9-10H2,1-4H3. The van der Waals surface area contributed by atoms with E-state index in [-0.39, 0.29) is 18.1 Å². The number of halogens is 1. The molecule has 0 aliphatic rings. The zero-order chi connectivity index (χ0) is 17.0. The molecule has 1 aromatic carbocycles. The molecule has 5 nitrogen and oxygen atoms in total. The Bertz CT molecular complexity index is 624. The molecule has 0 amide bonds. The van der Waals surface area contributed by atoms with Crippen LogP contribution in [0.25, 0.3) is 5.69 Å². The molecule has 0 saturated heterocycles. The highest BCUT2D eigenvalue weighted by Gasteiger charge is 2.17. The fourth-order valence-corrected chi connectivity index (χ4v) is 2.57. The average molecular weight is 337 g/mol. The van der Waals surface area contributed by atoms with Crippen molar-refractivity contribution in [3.05, 3.63) is 40.7 Å². The summed E-state index contributed by atoms with van der Waals surface area (Å²) >= 11 is 5.92. The molecule has 2 rings (SSSR count). The number of hydrogen-bond donors (Lipinski definition) is 2. The third-order valence-corrected chi connectivity index (χ3v) is 4.32. The molecule has 0 bridgehead atoms. The molecule has 2 N–H and O–H groups in total. The van der Waals surface area contributed by atoms with Crippen LogP contribution in [-0.4, -0.2) is 32.7 Å². The van der Waals surface area contributed by atoms with E-state index in [9.17, 15) is 5.11 Å². The van der Waals surface area contributed by atoms with Crippen LogP contribution in [0.3, 0.4) is 0 Å². The van der Waals surface area contributed by atoms with Gasteiger partial charge < -0.3 is 10.4 Å². The maximum atomic E-state index is 9.86. The molecule has 2 atom stereocenters. The minimum Gasteiger partial charge on any atom is -0.393 e. The number of nitrogens with zero attached hydrogens (tertiary/aromatic N) is 3. The van der Waals surface area contributed by atoms with Crippen LogP contribution < -0.4 is 5.32 Å². The van der Waals surface area contributed by atoms with Crippen LogP contribution >= 0.6 is 11.6 Å². The van der Waals surface area contributed by atoms with Crippen LogP contribution in [0.2, 0.25) is 5.02 Å². The number of aliphatic hydroxyl groups excluding tert-OH is 1.